The van der Waals surface area contributed by atoms with Crippen molar-refractivity contribution in [3.8, 4) is 0 Å². The van der Waals surface area contributed by atoms with E-state index in [0.29, 0.717) is 20.1 Å². The van der Waals surface area contributed by atoms with Crippen LogP contribution in [0.3, 0.4) is 0 Å². The number of unbranched alkanes of at least 4 members (excludes halogenated alkanes) is 8. The van der Waals surface area contributed by atoms with E-state index >= 15 is 0 Å². The molecule has 0 spiro atoms. The van der Waals surface area contributed by atoms with Crippen LogP contribution in [0.25, 0.3) is 0 Å². The standard InChI is InChI=1S/C24H16BCl4.C20H44N/c26-21-9-1-17(2-10-21)25(18-3-11-22(27)12-4-18,19-5-13-23(28)14-6-19)20-7-15-24(29)16-8-20;1-5-9-13-17-21(18-14-10-6-2,19-15-11-7-3)20-16-12-8-4/h1-16H;5-20H2,1-4H3/q-1;+1. The number of hydrogen-bond acceptors (Lipinski definition) is 0. The Morgan fingerprint density at radius 3 is 0.720 bits per heavy atom. The van der Waals surface area contributed by atoms with E-state index in [1.54, 1.807) is 0 Å². The molecular weight excluding hydrogens is 695 g/mol. The molecule has 50 heavy (non-hydrogen) atoms. The molecule has 4 aromatic rings. The zero-order valence-electron chi connectivity index (χ0n) is 31.1. The Morgan fingerprint density at radius 2 is 0.540 bits per heavy atom. The minimum Gasteiger partial charge on any atom is -0.324 e. The molecule has 0 saturated carbocycles. The van der Waals surface area contributed by atoms with Crippen LogP contribution in [-0.4, -0.2) is 36.8 Å². The summed E-state index contributed by atoms with van der Waals surface area (Å²) in [5.74, 6) is 0. The number of quaternary nitrogens is 1. The number of nitrogens with zero attached hydrogens (tertiary/aromatic N) is 1. The minimum absolute atomic E-state index is 0.696. The SMILES string of the molecule is CCCCC[N+](CCCCC)(CCCCC)CCCCC.Clc1ccc([B-](c2ccc(Cl)cc2)(c2ccc(Cl)cc2)c2ccc(Cl)cc2)cc1. The van der Waals surface area contributed by atoms with Crippen molar-refractivity contribution in [2.45, 2.75) is 105 Å². The summed E-state index contributed by atoms with van der Waals surface area (Å²) in [6.45, 7) is 15.1. The monoisotopic (exact) mass is 753 g/mol. The van der Waals surface area contributed by atoms with Crippen molar-refractivity contribution in [3.63, 3.8) is 0 Å². The first-order valence-electron chi connectivity index (χ1n) is 19.3. The molecule has 0 amide bonds. The Bertz CT molecular complexity index is 1240. The molecule has 0 saturated heterocycles. The number of benzene rings is 4. The number of halogens is 4. The van der Waals surface area contributed by atoms with Gasteiger partial charge in [0.05, 0.1) is 26.2 Å². The predicted octanol–water partition coefficient (Wildman–Crippen LogP) is 12.2. The van der Waals surface area contributed by atoms with Gasteiger partial charge in [0, 0.05) is 20.1 Å². The van der Waals surface area contributed by atoms with Gasteiger partial charge in [0.25, 0.3) is 0 Å². The van der Waals surface area contributed by atoms with Crippen LogP contribution in [0.2, 0.25) is 20.1 Å². The van der Waals surface area contributed by atoms with Crippen LogP contribution < -0.4 is 21.9 Å². The third kappa shape index (κ3) is 12.6. The summed E-state index contributed by atoms with van der Waals surface area (Å²) in [4.78, 5) is 0. The van der Waals surface area contributed by atoms with E-state index in [0.717, 1.165) is 21.9 Å². The first kappa shape index (κ1) is 42.5. The van der Waals surface area contributed by atoms with Crippen LogP contribution in [0.4, 0.5) is 0 Å². The van der Waals surface area contributed by atoms with Gasteiger partial charge in [-0.05, 0) is 99.9 Å². The first-order valence-corrected chi connectivity index (χ1v) is 20.8. The molecule has 4 aromatic carbocycles. The van der Waals surface area contributed by atoms with Gasteiger partial charge < -0.3 is 4.48 Å². The van der Waals surface area contributed by atoms with Crippen molar-refractivity contribution in [3.05, 3.63) is 117 Å². The summed E-state index contributed by atoms with van der Waals surface area (Å²) in [7, 11) is 0. The highest BCUT2D eigenvalue weighted by Gasteiger charge is 2.32. The van der Waals surface area contributed by atoms with Gasteiger partial charge in [-0.3, -0.25) is 0 Å². The summed E-state index contributed by atoms with van der Waals surface area (Å²) in [6.07, 6.45) is 15.4. The lowest BCUT2D eigenvalue weighted by atomic mass is 9.13. The van der Waals surface area contributed by atoms with Crippen molar-refractivity contribution < 1.29 is 4.48 Å². The lowest BCUT2D eigenvalue weighted by Gasteiger charge is -2.44. The average molecular weight is 756 g/mol. The third-order valence-corrected chi connectivity index (χ3v) is 11.4. The Kier molecular flexibility index (Phi) is 19.4. The van der Waals surface area contributed by atoms with Crippen molar-refractivity contribution in [2.75, 3.05) is 26.2 Å². The molecule has 0 bridgehead atoms. The molecule has 0 atom stereocenters. The molecule has 0 unspecified atom stereocenters. The second-order valence-electron chi connectivity index (χ2n) is 14.1. The molecule has 0 heterocycles. The molecule has 0 radical (unpaired) electrons. The summed E-state index contributed by atoms with van der Waals surface area (Å²) in [6, 6.07) is 32.1. The summed E-state index contributed by atoms with van der Waals surface area (Å²) < 4.78 is 1.44. The molecule has 0 N–H and O–H groups in total. The van der Waals surface area contributed by atoms with Crippen LogP contribution in [0, 0.1) is 0 Å². The van der Waals surface area contributed by atoms with Gasteiger partial charge in [-0.25, -0.2) is 0 Å². The van der Waals surface area contributed by atoms with E-state index in [4.69, 9.17) is 46.4 Å². The third-order valence-electron chi connectivity index (χ3n) is 10.4. The van der Waals surface area contributed by atoms with Crippen molar-refractivity contribution in [1.29, 1.82) is 0 Å². The van der Waals surface area contributed by atoms with E-state index in [1.807, 2.05) is 48.5 Å². The van der Waals surface area contributed by atoms with Crippen molar-refractivity contribution >= 4 is 74.4 Å². The van der Waals surface area contributed by atoms with E-state index in [-0.39, 0.29) is 0 Å². The molecule has 4 rings (SSSR count). The highest BCUT2D eigenvalue weighted by molar-refractivity contribution is 7.19. The van der Waals surface area contributed by atoms with Crippen LogP contribution in [0.1, 0.15) is 105 Å². The van der Waals surface area contributed by atoms with Crippen LogP contribution >= 0.6 is 46.4 Å². The van der Waals surface area contributed by atoms with Gasteiger partial charge >= 0.3 is 0 Å². The van der Waals surface area contributed by atoms with Gasteiger partial charge in [0.15, 0.2) is 0 Å². The summed E-state index contributed by atoms with van der Waals surface area (Å²) in [5, 5.41) is 2.78. The zero-order valence-corrected chi connectivity index (χ0v) is 34.1. The largest absolute Gasteiger partial charge is 0.324 e. The Morgan fingerprint density at radius 1 is 0.340 bits per heavy atom. The topological polar surface area (TPSA) is 0 Å². The number of rotatable bonds is 20. The molecular formula is C44H60BCl4N. The van der Waals surface area contributed by atoms with Crippen molar-refractivity contribution in [1.82, 2.24) is 0 Å². The molecule has 0 fully saturated rings. The van der Waals surface area contributed by atoms with Gasteiger partial charge in [0.1, 0.15) is 6.15 Å². The zero-order chi connectivity index (χ0) is 36.2. The molecule has 272 valence electrons. The molecule has 0 aromatic heterocycles. The fourth-order valence-electron chi connectivity index (χ4n) is 7.62. The van der Waals surface area contributed by atoms with Gasteiger partial charge in [-0.2, -0.15) is 21.9 Å². The Hall–Kier alpha value is -1.94. The minimum atomic E-state index is -1.51. The molecule has 0 aliphatic heterocycles. The molecule has 0 aliphatic rings. The normalized spacial score (nSPS) is 11.7. The van der Waals surface area contributed by atoms with Gasteiger partial charge in [0.2, 0.25) is 0 Å². The van der Waals surface area contributed by atoms with E-state index in [9.17, 15) is 0 Å². The summed E-state index contributed by atoms with van der Waals surface area (Å²) in [5.41, 5.74) is 4.56. The van der Waals surface area contributed by atoms with Crippen molar-refractivity contribution in [2.24, 2.45) is 0 Å². The Labute approximate surface area is 325 Å². The second-order valence-corrected chi connectivity index (χ2v) is 15.9. The fraction of sp³-hybridized carbons (Fsp3) is 0.455. The quantitative estimate of drug-likeness (QED) is 0.0479. The lowest BCUT2D eigenvalue weighted by molar-refractivity contribution is -0.929. The van der Waals surface area contributed by atoms with Crippen LogP contribution in [0.15, 0.2) is 97.1 Å². The lowest BCUT2D eigenvalue weighted by Crippen LogP contribution is -2.74. The Balaban J connectivity index is 0.000000288. The first-order chi connectivity index (χ1) is 24.2. The van der Waals surface area contributed by atoms with Crippen LogP contribution in [-0.2, 0) is 0 Å². The van der Waals surface area contributed by atoms with E-state index < -0.39 is 6.15 Å². The maximum atomic E-state index is 6.22. The van der Waals surface area contributed by atoms with E-state index in [1.165, 1.54) is 108 Å². The smallest absolute Gasteiger partial charge is 0.108 e. The molecule has 0 aliphatic carbocycles. The van der Waals surface area contributed by atoms with Crippen LogP contribution in [0.5, 0.6) is 0 Å². The maximum Gasteiger partial charge on any atom is 0.108 e. The second kappa shape index (κ2) is 22.9. The molecule has 1 nitrogen and oxygen atoms in total. The number of hydrogen-bond donors (Lipinski definition) is 0. The highest BCUT2D eigenvalue weighted by atomic mass is 35.5. The van der Waals surface area contributed by atoms with Gasteiger partial charge in [-0.15, -0.1) is 0 Å². The highest BCUT2D eigenvalue weighted by Crippen LogP contribution is 2.19. The average Bonchev–Trinajstić information content (AvgIpc) is 3.12. The fourth-order valence-corrected chi connectivity index (χ4v) is 8.12. The molecule has 6 heteroatoms. The van der Waals surface area contributed by atoms with Gasteiger partial charge in [-0.1, -0.05) is 148 Å². The predicted molar refractivity (Wildman–Crippen MR) is 228 cm³/mol. The maximum absolute atomic E-state index is 6.22. The summed E-state index contributed by atoms with van der Waals surface area (Å²) >= 11 is 24.9. The van der Waals surface area contributed by atoms with E-state index in [2.05, 4.69) is 76.2 Å².